The molecule has 1 atom stereocenters. The average molecular weight is 387 g/mol. The molecule has 0 saturated carbocycles. The number of fused-ring (bicyclic) bond motifs is 1. The third-order valence-electron chi connectivity index (χ3n) is 6.07. The quantitative estimate of drug-likeness (QED) is 0.745. The van der Waals surface area contributed by atoms with Crippen molar-refractivity contribution in [1.82, 2.24) is 15.4 Å². The van der Waals surface area contributed by atoms with Crippen LogP contribution in [0.4, 0.5) is 0 Å². The minimum atomic E-state index is -0.0427. The highest BCUT2D eigenvalue weighted by Crippen LogP contribution is 2.36. The number of nitrogens with zero attached hydrogens (tertiary/aromatic N) is 2. The molecule has 1 N–H and O–H groups in total. The van der Waals surface area contributed by atoms with Gasteiger partial charge in [-0.15, -0.1) is 0 Å². The first-order chi connectivity index (χ1) is 14.3. The molecule has 2 aromatic carbocycles. The van der Waals surface area contributed by atoms with Crippen molar-refractivity contribution < 1.29 is 9.32 Å². The second-order valence-corrected chi connectivity index (χ2v) is 7.88. The van der Waals surface area contributed by atoms with Crippen LogP contribution < -0.4 is 5.32 Å². The number of benzene rings is 2. The molecule has 1 aromatic heterocycles. The molecule has 0 spiro atoms. The van der Waals surface area contributed by atoms with Crippen LogP contribution in [0.15, 0.2) is 65.2 Å². The second-order valence-electron chi connectivity index (χ2n) is 7.88. The van der Waals surface area contributed by atoms with Crippen LogP contribution in [-0.2, 0) is 17.8 Å². The van der Waals surface area contributed by atoms with E-state index in [1.54, 1.807) is 0 Å². The van der Waals surface area contributed by atoms with Crippen LogP contribution in [0.3, 0.4) is 0 Å². The summed E-state index contributed by atoms with van der Waals surface area (Å²) < 4.78 is 5.76. The van der Waals surface area contributed by atoms with Gasteiger partial charge in [0.15, 0.2) is 0 Å². The molecule has 5 heteroatoms. The number of nitrogens with one attached hydrogen (secondary N) is 1. The summed E-state index contributed by atoms with van der Waals surface area (Å²) in [5.74, 6) is 1.11. The number of hydrogen-bond donors (Lipinski definition) is 1. The van der Waals surface area contributed by atoms with E-state index in [0.29, 0.717) is 13.1 Å². The van der Waals surface area contributed by atoms with E-state index in [0.717, 1.165) is 42.8 Å². The highest BCUT2D eigenvalue weighted by atomic mass is 16.5. The Labute approximate surface area is 170 Å². The standard InChI is InChI=1S/C24H25N3O2/c28-24(20-12-7-14-25-20)27-15-13-21-19(16-27)23(26-29-21)22(17-8-3-1-4-9-17)18-10-5-2-6-11-18/h1-6,8-11,20,22,25H,7,12-16H2. The highest BCUT2D eigenvalue weighted by molar-refractivity contribution is 5.82. The number of aromatic nitrogens is 1. The van der Waals surface area contributed by atoms with Gasteiger partial charge in [-0.3, -0.25) is 4.79 Å². The zero-order valence-electron chi connectivity index (χ0n) is 16.4. The lowest BCUT2D eigenvalue weighted by Gasteiger charge is -2.29. The molecule has 2 aliphatic heterocycles. The Morgan fingerprint density at radius 3 is 2.38 bits per heavy atom. The summed E-state index contributed by atoms with van der Waals surface area (Å²) >= 11 is 0. The Bertz CT molecular complexity index is 938. The third-order valence-corrected chi connectivity index (χ3v) is 6.07. The van der Waals surface area contributed by atoms with Crippen LogP contribution in [-0.4, -0.2) is 35.1 Å². The average Bonchev–Trinajstić information content (AvgIpc) is 3.45. The van der Waals surface area contributed by atoms with Gasteiger partial charge in [-0.05, 0) is 30.5 Å². The van der Waals surface area contributed by atoms with Gasteiger partial charge in [-0.1, -0.05) is 65.8 Å². The molecule has 3 heterocycles. The van der Waals surface area contributed by atoms with Crippen molar-refractivity contribution in [3.8, 4) is 0 Å². The van der Waals surface area contributed by atoms with E-state index >= 15 is 0 Å². The molecular weight excluding hydrogens is 362 g/mol. The molecule has 3 aromatic rings. The summed E-state index contributed by atoms with van der Waals surface area (Å²) in [6, 6.07) is 20.8. The molecule has 148 valence electrons. The van der Waals surface area contributed by atoms with Gasteiger partial charge < -0.3 is 14.7 Å². The normalized spacial score (nSPS) is 18.8. The Hall–Kier alpha value is -2.92. The summed E-state index contributed by atoms with van der Waals surface area (Å²) in [5, 5.41) is 7.84. The van der Waals surface area contributed by atoms with E-state index in [1.165, 1.54) is 11.1 Å². The molecule has 1 unspecified atom stereocenters. The predicted molar refractivity (Wildman–Crippen MR) is 110 cm³/mol. The smallest absolute Gasteiger partial charge is 0.240 e. The molecule has 5 nitrogen and oxygen atoms in total. The first-order valence-corrected chi connectivity index (χ1v) is 10.4. The van der Waals surface area contributed by atoms with E-state index < -0.39 is 0 Å². The minimum Gasteiger partial charge on any atom is -0.361 e. The van der Waals surface area contributed by atoms with Crippen molar-refractivity contribution in [2.75, 3.05) is 13.1 Å². The molecule has 0 aliphatic carbocycles. The Kier molecular flexibility index (Phi) is 4.90. The van der Waals surface area contributed by atoms with E-state index in [4.69, 9.17) is 4.52 Å². The molecule has 29 heavy (non-hydrogen) atoms. The summed E-state index contributed by atoms with van der Waals surface area (Å²) in [4.78, 5) is 14.9. The van der Waals surface area contributed by atoms with Gasteiger partial charge in [-0.25, -0.2) is 0 Å². The van der Waals surface area contributed by atoms with Crippen molar-refractivity contribution in [3.05, 3.63) is 88.8 Å². The van der Waals surface area contributed by atoms with Gasteiger partial charge in [-0.2, -0.15) is 0 Å². The summed E-state index contributed by atoms with van der Waals surface area (Å²) in [6.45, 7) is 2.19. The molecule has 1 fully saturated rings. The Balaban J connectivity index is 1.51. The minimum absolute atomic E-state index is 0.00967. The molecular formula is C24H25N3O2. The number of hydrogen-bond acceptors (Lipinski definition) is 4. The van der Waals surface area contributed by atoms with E-state index in [1.807, 2.05) is 17.0 Å². The van der Waals surface area contributed by atoms with Crippen molar-refractivity contribution in [1.29, 1.82) is 0 Å². The zero-order valence-corrected chi connectivity index (χ0v) is 16.4. The lowest BCUT2D eigenvalue weighted by atomic mass is 9.85. The van der Waals surface area contributed by atoms with Crippen LogP contribution in [0.25, 0.3) is 0 Å². The Morgan fingerprint density at radius 2 is 1.76 bits per heavy atom. The van der Waals surface area contributed by atoms with Gasteiger partial charge in [0.05, 0.1) is 18.5 Å². The molecule has 5 rings (SSSR count). The first kappa shape index (κ1) is 18.1. The molecule has 1 saturated heterocycles. The van der Waals surface area contributed by atoms with E-state index in [2.05, 4.69) is 59.0 Å². The van der Waals surface area contributed by atoms with Crippen LogP contribution in [0.1, 0.15) is 46.9 Å². The van der Waals surface area contributed by atoms with Crippen LogP contribution in [0, 0.1) is 0 Å². The van der Waals surface area contributed by atoms with E-state index in [-0.39, 0.29) is 17.9 Å². The first-order valence-electron chi connectivity index (χ1n) is 10.4. The number of carbonyl (C=O) groups is 1. The SMILES string of the molecule is O=C(C1CCCN1)N1CCc2onc(C(c3ccccc3)c3ccccc3)c2C1. The maximum atomic E-state index is 13.0. The summed E-state index contributed by atoms with van der Waals surface area (Å²) in [5.41, 5.74) is 4.35. The van der Waals surface area contributed by atoms with Crippen LogP contribution >= 0.6 is 0 Å². The van der Waals surface area contributed by atoms with Crippen molar-refractivity contribution in [2.24, 2.45) is 0 Å². The lowest BCUT2D eigenvalue weighted by Crippen LogP contribution is -2.45. The van der Waals surface area contributed by atoms with Crippen molar-refractivity contribution >= 4 is 5.91 Å². The fraction of sp³-hybridized carbons (Fsp3) is 0.333. The maximum Gasteiger partial charge on any atom is 0.240 e. The molecule has 0 bridgehead atoms. The van der Waals surface area contributed by atoms with Gasteiger partial charge in [0, 0.05) is 18.5 Å². The fourth-order valence-electron chi connectivity index (χ4n) is 4.56. The monoisotopic (exact) mass is 387 g/mol. The maximum absolute atomic E-state index is 13.0. The van der Waals surface area contributed by atoms with Gasteiger partial charge in [0.25, 0.3) is 0 Å². The predicted octanol–water partition coefficient (Wildman–Crippen LogP) is 3.49. The number of amides is 1. The van der Waals surface area contributed by atoms with Gasteiger partial charge in [0.1, 0.15) is 11.5 Å². The lowest BCUT2D eigenvalue weighted by molar-refractivity contribution is -0.134. The highest BCUT2D eigenvalue weighted by Gasteiger charge is 2.34. The molecule has 2 aliphatic rings. The largest absolute Gasteiger partial charge is 0.361 e. The van der Waals surface area contributed by atoms with Crippen LogP contribution in [0.2, 0.25) is 0 Å². The number of carbonyl (C=O) groups excluding carboxylic acids is 1. The number of rotatable bonds is 4. The molecule has 0 radical (unpaired) electrons. The van der Waals surface area contributed by atoms with Gasteiger partial charge >= 0.3 is 0 Å². The van der Waals surface area contributed by atoms with E-state index in [9.17, 15) is 4.79 Å². The summed E-state index contributed by atoms with van der Waals surface area (Å²) in [6.07, 6.45) is 2.71. The summed E-state index contributed by atoms with van der Waals surface area (Å²) in [7, 11) is 0. The van der Waals surface area contributed by atoms with Crippen molar-refractivity contribution in [3.63, 3.8) is 0 Å². The third kappa shape index (κ3) is 3.47. The van der Waals surface area contributed by atoms with Crippen LogP contribution in [0.5, 0.6) is 0 Å². The topological polar surface area (TPSA) is 58.4 Å². The zero-order chi connectivity index (χ0) is 19.6. The fourth-order valence-corrected chi connectivity index (χ4v) is 4.56. The Morgan fingerprint density at radius 1 is 1.07 bits per heavy atom. The second kappa shape index (κ2) is 7.84. The molecule has 1 amide bonds. The van der Waals surface area contributed by atoms with Crippen molar-refractivity contribution in [2.45, 2.75) is 37.8 Å². The van der Waals surface area contributed by atoms with Gasteiger partial charge in [0.2, 0.25) is 5.91 Å².